The normalized spacial score (nSPS) is 25.5. The lowest BCUT2D eigenvalue weighted by Crippen LogP contribution is -2.42. The predicted octanol–water partition coefficient (Wildman–Crippen LogP) is 3.03. The van der Waals surface area contributed by atoms with Crippen LogP contribution in [0.2, 0.25) is 0 Å². The molecule has 2 atom stereocenters. The van der Waals surface area contributed by atoms with Crippen LogP contribution in [0.4, 0.5) is 4.39 Å². The zero-order valence-electron chi connectivity index (χ0n) is 12.2. The molecular weight excluding hydrogens is 239 g/mol. The van der Waals surface area contributed by atoms with E-state index in [0.29, 0.717) is 18.0 Å². The Morgan fingerprint density at radius 3 is 2.63 bits per heavy atom. The molecule has 1 N–H and O–H groups in total. The fourth-order valence-corrected chi connectivity index (χ4v) is 2.65. The van der Waals surface area contributed by atoms with Crippen LogP contribution in [-0.4, -0.2) is 30.1 Å². The Kier molecular flexibility index (Phi) is 4.94. The van der Waals surface area contributed by atoms with Gasteiger partial charge in [-0.2, -0.15) is 0 Å². The highest BCUT2D eigenvalue weighted by atomic mass is 19.1. The van der Waals surface area contributed by atoms with E-state index in [4.69, 9.17) is 0 Å². The quantitative estimate of drug-likeness (QED) is 0.902. The lowest BCUT2D eigenvalue weighted by Gasteiger charge is -2.30. The van der Waals surface area contributed by atoms with Crippen LogP contribution < -0.4 is 5.32 Å². The van der Waals surface area contributed by atoms with Gasteiger partial charge >= 0.3 is 0 Å². The SMILES string of the molecule is CC(C)C1CN(Cc2ccc(F)cc2)C(C)CCN1. The fraction of sp³-hybridized carbons (Fsp3) is 0.625. The van der Waals surface area contributed by atoms with E-state index in [1.807, 2.05) is 12.1 Å². The monoisotopic (exact) mass is 264 g/mol. The zero-order valence-corrected chi connectivity index (χ0v) is 12.2. The highest BCUT2D eigenvalue weighted by Crippen LogP contribution is 2.17. The first-order valence-electron chi connectivity index (χ1n) is 7.28. The van der Waals surface area contributed by atoms with Crippen LogP contribution in [0.25, 0.3) is 0 Å². The maximum absolute atomic E-state index is 13.0. The van der Waals surface area contributed by atoms with Gasteiger partial charge in [0.2, 0.25) is 0 Å². The Morgan fingerprint density at radius 2 is 2.00 bits per heavy atom. The molecule has 0 spiro atoms. The number of rotatable bonds is 3. The van der Waals surface area contributed by atoms with Crippen molar-refractivity contribution in [2.24, 2.45) is 5.92 Å². The van der Waals surface area contributed by atoms with E-state index in [-0.39, 0.29) is 5.82 Å². The van der Waals surface area contributed by atoms with Gasteiger partial charge in [-0.05, 0) is 43.5 Å². The molecule has 1 heterocycles. The van der Waals surface area contributed by atoms with Gasteiger partial charge in [0.15, 0.2) is 0 Å². The third kappa shape index (κ3) is 4.02. The van der Waals surface area contributed by atoms with Crippen molar-refractivity contribution in [2.75, 3.05) is 13.1 Å². The van der Waals surface area contributed by atoms with Crippen LogP contribution in [0.3, 0.4) is 0 Å². The number of halogens is 1. The van der Waals surface area contributed by atoms with E-state index >= 15 is 0 Å². The van der Waals surface area contributed by atoms with Gasteiger partial charge in [0.25, 0.3) is 0 Å². The minimum absolute atomic E-state index is 0.158. The summed E-state index contributed by atoms with van der Waals surface area (Å²) in [6, 6.07) is 8.01. The van der Waals surface area contributed by atoms with Crippen LogP contribution in [0.1, 0.15) is 32.8 Å². The summed E-state index contributed by atoms with van der Waals surface area (Å²) in [5.74, 6) is 0.482. The van der Waals surface area contributed by atoms with Crippen LogP contribution in [0, 0.1) is 11.7 Å². The molecule has 1 aliphatic rings. The number of nitrogens with one attached hydrogen (secondary N) is 1. The van der Waals surface area contributed by atoms with E-state index in [1.54, 1.807) is 12.1 Å². The second-order valence-corrected chi connectivity index (χ2v) is 6.00. The van der Waals surface area contributed by atoms with E-state index < -0.39 is 0 Å². The van der Waals surface area contributed by atoms with Crippen molar-refractivity contribution in [1.82, 2.24) is 10.2 Å². The summed E-state index contributed by atoms with van der Waals surface area (Å²) in [5, 5.41) is 3.63. The van der Waals surface area contributed by atoms with Gasteiger partial charge in [0.1, 0.15) is 5.82 Å². The van der Waals surface area contributed by atoms with Gasteiger partial charge in [-0.3, -0.25) is 4.90 Å². The van der Waals surface area contributed by atoms with Crippen molar-refractivity contribution < 1.29 is 4.39 Å². The molecule has 2 unspecified atom stereocenters. The first-order valence-corrected chi connectivity index (χ1v) is 7.28. The summed E-state index contributed by atoms with van der Waals surface area (Å²) in [6.45, 7) is 9.88. The number of hydrogen-bond acceptors (Lipinski definition) is 2. The van der Waals surface area contributed by atoms with Gasteiger partial charge in [0.05, 0.1) is 0 Å². The fourth-order valence-electron chi connectivity index (χ4n) is 2.65. The third-order valence-corrected chi connectivity index (χ3v) is 4.13. The summed E-state index contributed by atoms with van der Waals surface area (Å²) in [5.41, 5.74) is 1.19. The molecule has 1 saturated heterocycles. The number of nitrogens with zero attached hydrogens (tertiary/aromatic N) is 1. The van der Waals surface area contributed by atoms with E-state index in [2.05, 4.69) is 31.0 Å². The minimum atomic E-state index is -0.158. The number of benzene rings is 1. The van der Waals surface area contributed by atoms with Crippen molar-refractivity contribution >= 4 is 0 Å². The van der Waals surface area contributed by atoms with Gasteiger partial charge in [-0.1, -0.05) is 26.0 Å². The molecule has 0 aliphatic carbocycles. The van der Waals surface area contributed by atoms with Crippen molar-refractivity contribution in [1.29, 1.82) is 0 Å². The maximum atomic E-state index is 13.0. The van der Waals surface area contributed by atoms with Crippen molar-refractivity contribution in [3.63, 3.8) is 0 Å². The van der Waals surface area contributed by atoms with Gasteiger partial charge < -0.3 is 5.32 Å². The van der Waals surface area contributed by atoms with Gasteiger partial charge in [0, 0.05) is 25.2 Å². The van der Waals surface area contributed by atoms with E-state index in [1.165, 1.54) is 12.0 Å². The summed E-state index contributed by atoms with van der Waals surface area (Å²) in [6.07, 6.45) is 1.17. The Hall–Kier alpha value is -0.930. The molecule has 0 bridgehead atoms. The average Bonchev–Trinajstić information content (AvgIpc) is 2.55. The topological polar surface area (TPSA) is 15.3 Å². The van der Waals surface area contributed by atoms with Crippen LogP contribution in [-0.2, 0) is 6.54 Å². The van der Waals surface area contributed by atoms with Crippen LogP contribution in [0.5, 0.6) is 0 Å². The molecule has 2 rings (SSSR count). The predicted molar refractivity (Wildman–Crippen MR) is 77.5 cm³/mol. The Balaban J connectivity index is 2.04. The van der Waals surface area contributed by atoms with Crippen LogP contribution >= 0.6 is 0 Å². The lowest BCUT2D eigenvalue weighted by molar-refractivity contribution is 0.184. The summed E-state index contributed by atoms with van der Waals surface area (Å²) < 4.78 is 13.0. The second-order valence-electron chi connectivity index (χ2n) is 6.00. The lowest BCUT2D eigenvalue weighted by atomic mass is 10.0. The second kappa shape index (κ2) is 6.49. The molecule has 3 heteroatoms. The molecule has 0 aromatic heterocycles. The maximum Gasteiger partial charge on any atom is 0.123 e. The molecule has 1 fully saturated rings. The molecule has 1 aromatic rings. The first kappa shape index (κ1) is 14.5. The van der Waals surface area contributed by atoms with Gasteiger partial charge in [-0.15, -0.1) is 0 Å². The minimum Gasteiger partial charge on any atom is -0.312 e. The van der Waals surface area contributed by atoms with Crippen molar-refractivity contribution in [3.05, 3.63) is 35.6 Å². The Labute approximate surface area is 116 Å². The highest BCUT2D eigenvalue weighted by molar-refractivity contribution is 5.16. The smallest absolute Gasteiger partial charge is 0.123 e. The Morgan fingerprint density at radius 1 is 1.32 bits per heavy atom. The third-order valence-electron chi connectivity index (χ3n) is 4.13. The molecule has 106 valence electrons. The molecule has 1 aliphatic heterocycles. The van der Waals surface area contributed by atoms with E-state index in [0.717, 1.165) is 19.6 Å². The number of hydrogen-bond donors (Lipinski definition) is 1. The molecule has 0 saturated carbocycles. The summed E-state index contributed by atoms with van der Waals surface area (Å²) in [7, 11) is 0. The Bertz CT molecular complexity index is 388. The summed E-state index contributed by atoms with van der Waals surface area (Å²) in [4.78, 5) is 2.51. The molecule has 19 heavy (non-hydrogen) atoms. The van der Waals surface area contributed by atoms with Crippen molar-refractivity contribution in [3.8, 4) is 0 Å². The molecule has 2 nitrogen and oxygen atoms in total. The summed E-state index contributed by atoms with van der Waals surface area (Å²) >= 11 is 0. The highest BCUT2D eigenvalue weighted by Gasteiger charge is 2.24. The van der Waals surface area contributed by atoms with Crippen molar-refractivity contribution in [2.45, 2.75) is 45.8 Å². The van der Waals surface area contributed by atoms with Gasteiger partial charge in [-0.25, -0.2) is 4.39 Å². The molecule has 0 amide bonds. The standard InChI is InChI=1S/C16H25FN2/c1-12(2)16-11-19(13(3)8-9-18-16)10-14-4-6-15(17)7-5-14/h4-7,12-13,16,18H,8-11H2,1-3H3. The molecular formula is C16H25FN2. The average molecular weight is 264 g/mol. The van der Waals surface area contributed by atoms with Crippen LogP contribution in [0.15, 0.2) is 24.3 Å². The first-order chi connectivity index (χ1) is 9.06. The van der Waals surface area contributed by atoms with E-state index in [9.17, 15) is 4.39 Å². The zero-order chi connectivity index (χ0) is 13.8. The largest absolute Gasteiger partial charge is 0.312 e. The molecule has 1 aromatic carbocycles. The molecule has 0 radical (unpaired) electrons.